The molecule has 0 aliphatic rings. The number of benzene rings is 2. The Morgan fingerprint density at radius 2 is 1.81 bits per heavy atom. The summed E-state index contributed by atoms with van der Waals surface area (Å²) in [5.41, 5.74) is 2.64. The lowest BCUT2D eigenvalue weighted by atomic mass is 10.2. The predicted octanol–water partition coefficient (Wildman–Crippen LogP) is 3.50. The van der Waals surface area contributed by atoms with E-state index in [9.17, 15) is 8.42 Å². The quantitative estimate of drug-likeness (QED) is 0.822. The lowest BCUT2D eigenvalue weighted by molar-refractivity contribution is 0.597. The van der Waals surface area contributed by atoms with Crippen molar-refractivity contribution < 1.29 is 8.42 Å². The van der Waals surface area contributed by atoms with Gasteiger partial charge in [-0.05, 0) is 35.4 Å². The first-order valence-electron chi connectivity index (χ1n) is 6.11. The Morgan fingerprint density at radius 3 is 2.38 bits per heavy atom. The Bertz CT molecular complexity index is 733. The van der Waals surface area contributed by atoms with Crippen molar-refractivity contribution >= 4 is 43.2 Å². The second-order valence-corrected chi connectivity index (χ2v) is 7.50. The number of primary sulfonamides is 1. The van der Waals surface area contributed by atoms with E-state index >= 15 is 0 Å². The highest BCUT2D eigenvalue weighted by atomic mass is 79.9. The molecule has 2 aromatic rings. The van der Waals surface area contributed by atoms with Gasteiger partial charge in [-0.1, -0.05) is 45.7 Å². The van der Waals surface area contributed by atoms with Crippen LogP contribution in [0.4, 0.5) is 5.69 Å². The van der Waals surface area contributed by atoms with Gasteiger partial charge in [0.2, 0.25) is 10.0 Å². The van der Waals surface area contributed by atoms with Crippen LogP contribution in [0.25, 0.3) is 0 Å². The zero-order valence-corrected chi connectivity index (χ0v) is 14.2. The number of sulfonamides is 1. The standard InChI is InChI=1S/C14H14BrClN2O2S/c15-14-7-12(16)4-3-11(14)8-18-13-5-1-10(2-6-13)9-21(17,19)20/h1-7,18H,8-9H2,(H2,17,19,20). The Balaban J connectivity index is 2.00. The first-order chi connectivity index (χ1) is 9.83. The molecule has 0 aliphatic heterocycles. The minimum absolute atomic E-state index is 0.157. The van der Waals surface area contributed by atoms with Gasteiger partial charge < -0.3 is 5.32 Å². The van der Waals surface area contributed by atoms with Gasteiger partial charge in [0, 0.05) is 21.7 Å². The normalized spacial score (nSPS) is 11.4. The second kappa shape index (κ2) is 6.79. The lowest BCUT2D eigenvalue weighted by Gasteiger charge is -2.09. The van der Waals surface area contributed by atoms with E-state index in [1.54, 1.807) is 12.1 Å². The molecule has 0 aromatic heterocycles. The molecule has 0 spiro atoms. The molecule has 0 radical (unpaired) electrons. The van der Waals surface area contributed by atoms with Gasteiger partial charge in [0.25, 0.3) is 0 Å². The fourth-order valence-corrected chi connectivity index (χ4v) is 3.29. The van der Waals surface area contributed by atoms with Crippen LogP contribution in [0.5, 0.6) is 0 Å². The molecule has 0 saturated carbocycles. The molecule has 0 atom stereocenters. The van der Waals surface area contributed by atoms with Crippen LogP contribution in [0.1, 0.15) is 11.1 Å². The van der Waals surface area contributed by atoms with E-state index in [2.05, 4.69) is 21.2 Å². The maximum atomic E-state index is 11.0. The minimum atomic E-state index is -3.49. The highest BCUT2D eigenvalue weighted by molar-refractivity contribution is 9.10. The Morgan fingerprint density at radius 1 is 1.14 bits per heavy atom. The summed E-state index contributed by atoms with van der Waals surface area (Å²) in [5, 5.41) is 8.95. The van der Waals surface area contributed by atoms with Gasteiger partial charge in [-0.3, -0.25) is 0 Å². The molecule has 0 fully saturated rings. The Labute approximate surface area is 137 Å². The van der Waals surface area contributed by atoms with E-state index in [0.717, 1.165) is 15.7 Å². The largest absolute Gasteiger partial charge is 0.381 e. The number of halogens is 2. The fourth-order valence-electron chi connectivity index (χ4n) is 1.81. The molecule has 0 unspecified atom stereocenters. The summed E-state index contributed by atoms with van der Waals surface area (Å²) in [6.07, 6.45) is 0. The average molecular weight is 390 g/mol. The van der Waals surface area contributed by atoms with E-state index in [1.807, 2.05) is 30.3 Å². The monoisotopic (exact) mass is 388 g/mol. The molecule has 4 nitrogen and oxygen atoms in total. The highest BCUT2D eigenvalue weighted by Gasteiger charge is 2.05. The van der Waals surface area contributed by atoms with Crippen molar-refractivity contribution in [1.29, 1.82) is 0 Å². The number of nitrogens with two attached hydrogens (primary N) is 1. The summed E-state index contributed by atoms with van der Waals surface area (Å²) >= 11 is 9.35. The Kier molecular flexibility index (Phi) is 5.27. The topological polar surface area (TPSA) is 72.2 Å². The zero-order chi connectivity index (χ0) is 15.5. The van der Waals surface area contributed by atoms with Crippen LogP contribution in [-0.4, -0.2) is 8.42 Å². The van der Waals surface area contributed by atoms with Gasteiger partial charge in [-0.25, -0.2) is 13.6 Å². The summed E-state index contributed by atoms with van der Waals surface area (Å²) in [6.45, 7) is 0.631. The van der Waals surface area contributed by atoms with Crippen LogP contribution in [0.15, 0.2) is 46.9 Å². The first kappa shape index (κ1) is 16.3. The molecule has 7 heteroatoms. The van der Waals surface area contributed by atoms with E-state index < -0.39 is 10.0 Å². The van der Waals surface area contributed by atoms with Gasteiger partial charge in [-0.15, -0.1) is 0 Å². The number of hydrogen-bond acceptors (Lipinski definition) is 3. The van der Waals surface area contributed by atoms with Gasteiger partial charge in [0.15, 0.2) is 0 Å². The molecule has 0 bridgehead atoms. The van der Waals surface area contributed by atoms with Crippen molar-refractivity contribution in [3.63, 3.8) is 0 Å². The van der Waals surface area contributed by atoms with Crippen molar-refractivity contribution in [2.24, 2.45) is 5.14 Å². The maximum Gasteiger partial charge on any atom is 0.213 e. The molecule has 2 rings (SSSR count). The van der Waals surface area contributed by atoms with Crippen molar-refractivity contribution in [2.75, 3.05) is 5.32 Å². The number of nitrogens with one attached hydrogen (secondary N) is 1. The lowest BCUT2D eigenvalue weighted by Crippen LogP contribution is -2.14. The summed E-state index contributed by atoms with van der Waals surface area (Å²) in [5.74, 6) is -0.157. The smallest absolute Gasteiger partial charge is 0.213 e. The summed E-state index contributed by atoms with van der Waals surface area (Å²) in [7, 11) is -3.49. The summed E-state index contributed by atoms with van der Waals surface area (Å²) < 4.78 is 23.0. The average Bonchev–Trinajstić information content (AvgIpc) is 2.38. The number of rotatable bonds is 5. The Hall–Kier alpha value is -1.08. The molecule has 0 heterocycles. The van der Waals surface area contributed by atoms with Crippen LogP contribution in [0, 0.1) is 0 Å². The molecule has 0 aliphatic carbocycles. The molecule has 2 aromatic carbocycles. The predicted molar refractivity (Wildman–Crippen MR) is 89.7 cm³/mol. The number of anilines is 1. The van der Waals surface area contributed by atoms with Crippen LogP contribution in [0.2, 0.25) is 5.02 Å². The van der Waals surface area contributed by atoms with E-state index in [1.165, 1.54) is 0 Å². The molecule has 21 heavy (non-hydrogen) atoms. The second-order valence-electron chi connectivity index (χ2n) is 4.59. The molecular formula is C14H14BrClN2O2S. The van der Waals surface area contributed by atoms with Crippen LogP contribution in [0.3, 0.4) is 0 Å². The van der Waals surface area contributed by atoms with Crippen molar-refractivity contribution in [2.45, 2.75) is 12.3 Å². The third kappa shape index (κ3) is 5.32. The molecule has 0 saturated heterocycles. The highest BCUT2D eigenvalue weighted by Crippen LogP contribution is 2.22. The number of hydrogen-bond donors (Lipinski definition) is 2. The van der Waals surface area contributed by atoms with E-state index in [-0.39, 0.29) is 5.75 Å². The SMILES string of the molecule is NS(=O)(=O)Cc1ccc(NCc2ccc(Cl)cc2Br)cc1. The fraction of sp³-hybridized carbons (Fsp3) is 0.143. The summed E-state index contributed by atoms with van der Waals surface area (Å²) in [4.78, 5) is 0. The van der Waals surface area contributed by atoms with Gasteiger partial charge in [-0.2, -0.15) is 0 Å². The van der Waals surface area contributed by atoms with E-state index in [4.69, 9.17) is 16.7 Å². The van der Waals surface area contributed by atoms with Crippen molar-refractivity contribution in [1.82, 2.24) is 0 Å². The van der Waals surface area contributed by atoms with Gasteiger partial charge in [0.05, 0.1) is 5.75 Å². The van der Waals surface area contributed by atoms with Crippen LogP contribution < -0.4 is 10.5 Å². The molecule has 3 N–H and O–H groups in total. The third-order valence-electron chi connectivity index (χ3n) is 2.82. The zero-order valence-electron chi connectivity index (χ0n) is 11.0. The maximum absolute atomic E-state index is 11.0. The first-order valence-corrected chi connectivity index (χ1v) is 8.99. The van der Waals surface area contributed by atoms with Crippen LogP contribution >= 0.6 is 27.5 Å². The summed E-state index contributed by atoms with van der Waals surface area (Å²) in [6, 6.07) is 12.7. The molecule has 0 amide bonds. The minimum Gasteiger partial charge on any atom is -0.381 e. The van der Waals surface area contributed by atoms with Crippen LogP contribution in [-0.2, 0) is 22.3 Å². The third-order valence-corrected chi connectivity index (χ3v) is 4.53. The van der Waals surface area contributed by atoms with Crippen molar-refractivity contribution in [3.8, 4) is 0 Å². The van der Waals surface area contributed by atoms with E-state index in [0.29, 0.717) is 17.1 Å². The van der Waals surface area contributed by atoms with Gasteiger partial charge in [0.1, 0.15) is 0 Å². The molecular weight excluding hydrogens is 376 g/mol. The molecule has 112 valence electrons. The van der Waals surface area contributed by atoms with Gasteiger partial charge >= 0.3 is 0 Å². The van der Waals surface area contributed by atoms with Crippen molar-refractivity contribution in [3.05, 3.63) is 63.1 Å².